The molecule has 1 rings (SSSR count). The highest BCUT2D eigenvalue weighted by molar-refractivity contribution is 5.94. The lowest BCUT2D eigenvalue weighted by Crippen LogP contribution is -2.32. The van der Waals surface area contributed by atoms with Gasteiger partial charge in [-0.3, -0.25) is 9.59 Å². The average Bonchev–Trinajstić information content (AvgIpc) is 2.28. The first-order chi connectivity index (χ1) is 7.99. The van der Waals surface area contributed by atoms with Crippen molar-refractivity contribution in [3.05, 3.63) is 24.3 Å². The molecule has 0 spiro atoms. The van der Waals surface area contributed by atoms with Crippen LogP contribution in [-0.2, 0) is 9.59 Å². The topological polar surface area (TPSA) is 107 Å². The average molecular weight is 274 g/mol. The minimum absolute atomic E-state index is 0. The van der Waals surface area contributed by atoms with Crippen molar-refractivity contribution < 1.29 is 14.3 Å². The number of ether oxygens (including phenoxy) is 1. The number of rotatable bonds is 5. The summed E-state index contributed by atoms with van der Waals surface area (Å²) in [7, 11) is 0. The Morgan fingerprint density at radius 1 is 1.33 bits per heavy atom. The van der Waals surface area contributed by atoms with E-state index in [1.165, 1.54) is 0 Å². The molecule has 0 radical (unpaired) electrons. The van der Waals surface area contributed by atoms with E-state index in [0.717, 1.165) is 0 Å². The standard InChI is InChI=1S/C11H15N3O3.ClH/c1-7(12)11(16)14-8-2-4-9(5-3-8)17-6-10(13)15;/h2-5,7H,6,12H2,1H3,(H2,13,15)(H,14,16);1H/t7-;/m0./s1. The number of nitrogens with two attached hydrogens (primary N) is 2. The summed E-state index contributed by atoms with van der Waals surface area (Å²) in [4.78, 5) is 21.8. The van der Waals surface area contributed by atoms with Crippen LogP contribution in [0.3, 0.4) is 0 Å². The van der Waals surface area contributed by atoms with Gasteiger partial charge in [0, 0.05) is 5.69 Å². The van der Waals surface area contributed by atoms with Gasteiger partial charge in [0.1, 0.15) is 5.75 Å². The Hall–Kier alpha value is -1.79. The van der Waals surface area contributed by atoms with Crippen LogP contribution < -0.4 is 21.5 Å². The minimum atomic E-state index is -0.569. The Bertz CT molecular complexity index is 406. The lowest BCUT2D eigenvalue weighted by Gasteiger charge is -2.08. The van der Waals surface area contributed by atoms with E-state index in [1.807, 2.05) is 0 Å². The fraction of sp³-hybridized carbons (Fsp3) is 0.273. The molecule has 18 heavy (non-hydrogen) atoms. The quantitative estimate of drug-likeness (QED) is 0.715. The Morgan fingerprint density at radius 2 is 1.89 bits per heavy atom. The monoisotopic (exact) mass is 273 g/mol. The fourth-order valence-corrected chi connectivity index (χ4v) is 1.05. The van der Waals surface area contributed by atoms with Crippen molar-refractivity contribution in [2.75, 3.05) is 11.9 Å². The predicted molar refractivity (Wildman–Crippen MR) is 70.7 cm³/mol. The van der Waals surface area contributed by atoms with Gasteiger partial charge in [0.05, 0.1) is 6.04 Å². The lowest BCUT2D eigenvalue weighted by atomic mass is 10.2. The molecule has 6 nitrogen and oxygen atoms in total. The van der Waals surface area contributed by atoms with Gasteiger partial charge in [-0.25, -0.2) is 0 Å². The first-order valence-electron chi connectivity index (χ1n) is 5.06. The summed E-state index contributed by atoms with van der Waals surface area (Å²) in [5.74, 6) is -0.308. The summed E-state index contributed by atoms with van der Waals surface area (Å²) in [5, 5.41) is 2.62. The maximum atomic E-state index is 11.3. The summed E-state index contributed by atoms with van der Waals surface area (Å²) >= 11 is 0. The van der Waals surface area contributed by atoms with Crippen LogP contribution in [0.4, 0.5) is 5.69 Å². The highest BCUT2D eigenvalue weighted by Gasteiger charge is 2.07. The number of carbonyl (C=O) groups excluding carboxylic acids is 2. The van der Waals surface area contributed by atoms with Crippen LogP contribution in [0.5, 0.6) is 5.75 Å². The maximum absolute atomic E-state index is 11.3. The van der Waals surface area contributed by atoms with Gasteiger partial charge in [-0.05, 0) is 31.2 Å². The van der Waals surface area contributed by atoms with Crippen molar-refractivity contribution in [3.8, 4) is 5.75 Å². The van der Waals surface area contributed by atoms with Crippen LogP contribution in [0.15, 0.2) is 24.3 Å². The van der Waals surface area contributed by atoms with Crippen LogP contribution >= 0.6 is 12.4 Å². The van der Waals surface area contributed by atoms with E-state index < -0.39 is 11.9 Å². The third-order valence-corrected chi connectivity index (χ3v) is 1.92. The summed E-state index contributed by atoms with van der Waals surface area (Å²) in [6.45, 7) is 1.42. The molecule has 1 aromatic carbocycles. The van der Waals surface area contributed by atoms with Crippen molar-refractivity contribution in [1.82, 2.24) is 0 Å². The Labute approximate surface area is 111 Å². The number of hydrogen-bond donors (Lipinski definition) is 3. The van der Waals surface area contributed by atoms with E-state index in [-0.39, 0.29) is 24.9 Å². The van der Waals surface area contributed by atoms with Crippen LogP contribution in [0.1, 0.15) is 6.92 Å². The van der Waals surface area contributed by atoms with Gasteiger partial charge in [0.25, 0.3) is 5.91 Å². The van der Waals surface area contributed by atoms with E-state index in [9.17, 15) is 9.59 Å². The van der Waals surface area contributed by atoms with Crippen molar-refractivity contribution in [2.24, 2.45) is 11.5 Å². The summed E-state index contributed by atoms with van der Waals surface area (Å²) in [6.07, 6.45) is 0. The Morgan fingerprint density at radius 3 is 2.33 bits per heavy atom. The second kappa shape index (κ2) is 7.52. The molecule has 0 aromatic heterocycles. The maximum Gasteiger partial charge on any atom is 0.255 e. The van der Waals surface area contributed by atoms with E-state index in [1.54, 1.807) is 31.2 Å². The number of nitrogens with one attached hydrogen (secondary N) is 1. The third-order valence-electron chi connectivity index (χ3n) is 1.92. The van der Waals surface area contributed by atoms with Crippen molar-refractivity contribution in [2.45, 2.75) is 13.0 Å². The van der Waals surface area contributed by atoms with Gasteiger partial charge in [-0.15, -0.1) is 12.4 Å². The van der Waals surface area contributed by atoms with Gasteiger partial charge in [0.2, 0.25) is 5.91 Å². The molecule has 0 saturated carbocycles. The highest BCUT2D eigenvalue weighted by atomic mass is 35.5. The molecule has 0 unspecified atom stereocenters. The zero-order valence-corrected chi connectivity index (χ0v) is 10.7. The van der Waals surface area contributed by atoms with E-state index >= 15 is 0 Å². The molecule has 100 valence electrons. The first kappa shape index (κ1) is 16.2. The van der Waals surface area contributed by atoms with Crippen LogP contribution in [0, 0.1) is 0 Å². The van der Waals surface area contributed by atoms with Crippen molar-refractivity contribution in [1.29, 1.82) is 0 Å². The fourth-order valence-electron chi connectivity index (χ4n) is 1.05. The van der Waals surface area contributed by atoms with E-state index in [4.69, 9.17) is 16.2 Å². The summed E-state index contributed by atoms with van der Waals surface area (Å²) < 4.78 is 5.06. The predicted octanol–water partition coefficient (Wildman–Crippen LogP) is 0.258. The minimum Gasteiger partial charge on any atom is -0.484 e. The SMILES string of the molecule is C[C@H](N)C(=O)Nc1ccc(OCC(N)=O)cc1.Cl. The van der Waals surface area contributed by atoms with Crippen LogP contribution in [0.25, 0.3) is 0 Å². The normalized spacial score (nSPS) is 11.0. The molecule has 7 heteroatoms. The number of amides is 2. The molecule has 1 atom stereocenters. The summed E-state index contributed by atoms with van der Waals surface area (Å²) in [5.41, 5.74) is 11.0. The molecule has 2 amide bonds. The molecule has 0 aliphatic heterocycles. The molecule has 0 bridgehead atoms. The molecular formula is C11H16ClN3O3. The van der Waals surface area contributed by atoms with Crippen molar-refractivity contribution in [3.63, 3.8) is 0 Å². The first-order valence-corrected chi connectivity index (χ1v) is 5.06. The number of carbonyl (C=O) groups is 2. The second-order valence-electron chi connectivity index (χ2n) is 3.56. The second-order valence-corrected chi connectivity index (χ2v) is 3.56. The smallest absolute Gasteiger partial charge is 0.255 e. The molecule has 0 saturated heterocycles. The number of halogens is 1. The number of primary amides is 1. The molecule has 0 heterocycles. The number of anilines is 1. The molecule has 0 aliphatic carbocycles. The van der Waals surface area contributed by atoms with Crippen LogP contribution in [0.2, 0.25) is 0 Å². The van der Waals surface area contributed by atoms with Gasteiger partial charge in [0.15, 0.2) is 6.61 Å². The largest absolute Gasteiger partial charge is 0.484 e. The highest BCUT2D eigenvalue weighted by Crippen LogP contribution is 2.15. The van der Waals surface area contributed by atoms with Gasteiger partial charge >= 0.3 is 0 Å². The summed E-state index contributed by atoms with van der Waals surface area (Å²) in [6, 6.07) is 5.98. The molecule has 5 N–H and O–H groups in total. The number of benzene rings is 1. The van der Waals surface area contributed by atoms with E-state index in [2.05, 4.69) is 5.32 Å². The molecule has 0 fully saturated rings. The van der Waals surface area contributed by atoms with Crippen molar-refractivity contribution >= 4 is 29.9 Å². The van der Waals surface area contributed by atoms with Gasteiger partial charge < -0.3 is 21.5 Å². The Balaban J connectivity index is 0.00000289. The lowest BCUT2D eigenvalue weighted by molar-refractivity contribution is -0.120. The van der Waals surface area contributed by atoms with E-state index in [0.29, 0.717) is 11.4 Å². The Kier molecular flexibility index (Phi) is 6.77. The molecule has 1 aromatic rings. The van der Waals surface area contributed by atoms with Gasteiger partial charge in [-0.1, -0.05) is 0 Å². The van der Waals surface area contributed by atoms with Crippen LogP contribution in [-0.4, -0.2) is 24.5 Å². The number of hydrogen-bond acceptors (Lipinski definition) is 4. The zero-order chi connectivity index (χ0) is 12.8. The zero-order valence-electron chi connectivity index (χ0n) is 9.88. The molecule has 0 aliphatic rings. The van der Waals surface area contributed by atoms with Gasteiger partial charge in [-0.2, -0.15) is 0 Å². The third kappa shape index (κ3) is 5.51. The molecular weight excluding hydrogens is 258 g/mol.